The van der Waals surface area contributed by atoms with Crippen LogP contribution in [0.3, 0.4) is 0 Å². The van der Waals surface area contributed by atoms with E-state index in [-0.39, 0.29) is 30.2 Å². The van der Waals surface area contributed by atoms with Gasteiger partial charge in [0.2, 0.25) is 11.8 Å². The first-order chi connectivity index (χ1) is 17.9. The molecule has 3 heterocycles. The average molecular weight is 526 g/mol. The van der Waals surface area contributed by atoms with Crippen molar-refractivity contribution in [3.8, 4) is 5.75 Å². The molecule has 3 atom stereocenters. The van der Waals surface area contributed by atoms with Crippen molar-refractivity contribution in [3.63, 3.8) is 0 Å². The summed E-state index contributed by atoms with van der Waals surface area (Å²) in [6.07, 6.45) is 4.90. The van der Waals surface area contributed by atoms with Crippen LogP contribution in [0.2, 0.25) is 5.02 Å². The Morgan fingerprint density at radius 1 is 1.00 bits per heavy atom. The van der Waals surface area contributed by atoms with Crippen LogP contribution in [-0.4, -0.2) is 58.8 Å². The van der Waals surface area contributed by atoms with Crippen molar-refractivity contribution in [2.24, 2.45) is 0 Å². The first-order valence-corrected chi connectivity index (χ1v) is 13.4. The zero-order valence-corrected chi connectivity index (χ0v) is 21.2. The number of piperidine rings is 1. The summed E-state index contributed by atoms with van der Waals surface area (Å²) in [5.74, 6) is -0.182. The number of hydrogen-bond donors (Lipinski definition) is 1. The van der Waals surface area contributed by atoms with Crippen molar-refractivity contribution in [2.75, 3.05) is 13.1 Å². The summed E-state index contributed by atoms with van der Waals surface area (Å²) in [6, 6.07) is 9.85. The molecule has 2 saturated heterocycles. The van der Waals surface area contributed by atoms with E-state index in [9.17, 15) is 18.8 Å². The van der Waals surface area contributed by atoms with E-state index in [0.29, 0.717) is 35.5 Å². The van der Waals surface area contributed by atoms with Crippen LogP contribution in [0, 0.1) is 5.82 Å². The summed E-state index contributed by atoms with van der Waals surface area (Å²) in [7, 11) is 0. The van der Waals surface area contributed by atoms with Gasteiger partial charge in [0.05, 0.1) is 0 Å². The summed E-state index contributed by atoms with van der Waals surface area (Å²) in [5, 5.41) is 2.83. The lowest BCUT2D eigenvalue weighted by Crippen LogP contribution is -2.57. The Labute approximate surface area is 219 Å². The molecular formula is C28H29ClFN3O4. The smallest absolute Gasteiger partial charge is 0.255 e. The van der Waals surface area contributed by atoms with Crippen molar-refractivity contribution in [1.29, 1.82) is 0 Å². The summed E-state index contributed by atoms with van der Waals surface area (Å²) in [5.41, 5.74) is 2.42. The lowest BCUT2D eigenvalue weighted by Gasteiger charge is -2.48. The molecule has 3 amide bonds. The van der Waals surface area contributed by atoms with Crippen molar-refractivity contribution >= 4 is 29.3 Å². The van der Waals surface area contributed by atoms with E-state index in [0.717, 1.165) is 55.6 Å². The third kappa shape index (κ3) is 4.61. The largest absolute Gasteiger partial charge is 0.489 e. The second kappa shape index (κ2) is 9.72. The molecule has 37 heavy (non-hydrogen) atoms. The predicted octanol–water partition coefficient (Wildman–Crippen LogP) is 4.03. The fraction of sp³-hybridized carbons (Fsp3) is 0.464. The van der Waals surface area contributed by atoms with E-state index in [2.05, 4.69) is 10.2 Å². The normalized spacial score (nSPS) is 26.6. The summed E-state index contributed by atoms with van der Waals surface area (Å²) < 4.78 is 20.0. The van der Waals surface area contributed by atoms with Gasteiger partial charge in [-0.25, -0.2) is 4.39 Å². The van der Waals surface area contributed by atoms with E-state index >= 15 is 0 Å². The molecule has 2 aromatic rings. The Kier molecular flexibility index (Phi) is 6.41. The van der Waals surface area contributed by atoms with Crippen molar-refractivity contribution < 1.29 is 23.5 Å². The maximum Gasteiger partial charge on any atom is 0.255 e. The number of halogens is 2. The number of rotatable bonds is 5. The third-order valence-electron chi connectivity index (χ3n) is 8.23. The second-order valence-corrected chi connectivity index (χ2v) is 11.0. The monoisotopic (exact) mass is 525 g/mol. The van der Waals surface area contributed by atoms with Gasteiger partial charge in [-0.3, -0.25) is 24.6 Å². The van der Waals surface area contributed by atoms with E-state index < -0.39 is 11.9 Å². The van der Waals surface area contributed by atoms with Crippen LogP contribution in [0.4, 0.5) is 4.39 Å². The van der Waals surface area contributed by atoms with Gasteiger partial charge in [-0.05, 0) is 67.1 Å². The van der Waals surface area contributed by atoms with Crippen LogP contribution >= 0.6 is 11.6 Å². The zero-order valence-electron chi connectivity index (χ0n) is 20.4. The van der Waals surface area contributed by atoms with E-state index in [1.807, 2.05) is 12.1 Å². The Morgan fingerprint density at radius 2 is 1.81 bits per heavy atom. The van der Waals surface area contributed by atoms with Gasteiger partial charge in [0, 0.05) is 48.6 Å². The van der Waals surface area contributed by atoms with Gasteiger partial charge in [-0.2, -0.15) is 0 Å². The fourth-order valence-electron chi connectivity index (χ4n) is 6.24. The highest BCUT2D eigenvalue weighted by Crippen LogP contribution is 2.38. The number of ether oxygens (including phenoxy) is 1. The number of amides is 3. The molecule has 0 bridgehead atoms. The van der Waals surface area contributed by atoms with Crippen LogP contribution in [0.1, 0.15) is 65.9 Å². The Morgan fingerprint density at radius 3 is 2.59 bits per heavy atom. The maximum absolute atomic E-state index is 13.4. The third-order valence-corrected chi connectivity index (χ3v) is 8.56. The van der Waals surface area contributed by atoms with Crippen LogP contribution in [0.15, 0.2) is 36.4 Å². The molecule has 1 aliphatic carbocycles. The van der Waals surface area contributed by atoms with Crippen LogP contribution in [0.25, 0.3) is 0 Å². The quantitative estimate of drug-likeness (QED) is 0.596. The fourth-order valence-corrected chi connectivity index (χ4v) is 6.57. The Hall–Kier alpha value is -2.97. The number of hydrogen-bond acceptors (Lipinski definition) is 5. The number of carbonyl (C=O) groups excluding carboxylic acids is 3. The SMILES string of the molecule is O=C1CCC(N2Cc3cc(O[C@@H]4CCCC[C@@H]4N4CC(c5ccc(F)cc5Cl)C4)ccc3C2=O)C(=O)N1. The summed E-state index contributed by atoms with van der Waals surface area (Å²) >= 11 is 6.29. The number of likely N-dealkylation sites (tertiary alicyclic amines) is 1. The predicted molar refractivity (Wildman–Crippen MR) is 135 cm³/mol. The van der Waals surface area contributed by atoms with Crippen LogP contribution in [-0.2, 0) is 16.1 Å². The number of imide groups is 1. The molecule has 6 rings (SSSR count). The molecule has 0 aromatic heterocycles. The highest BCUT2D eigenvalue weighted by molar-refractivity contribution is 6.31. The van der Waals surface area contributed by atoms with Crippen LogP contribution in [0.5, 0.6) is 5.75 Å². The number of nitrogens with one attached hydrogen (secondary N) is 1. The zero-order chi connectivity index (χ0) is 25.7. The topological polar surface area (TPSA) is 79.0 Å². The highest BCUT2D eigenvalue weighted by Gasteiger charge is 2.41. The van der Waals surface area contributed by atoms with Gasteiger partial charge in [0.15, 0.2) is 0 Å². The molecule has 1 unspecified atom stereocenters. The Bertz CT molecular complexity index is 1260. The number of carbonyl (C=O) groups is 3. The van der Waals surface area contributed by atoms with E-state index in [1.165, 1.54) is 12.1 Å². The number of fused-ring (bicyclic) bond motifs is 1. The first-order valence-electron chi connectivity index (χ1n) is 13.0. The number of benzene rings is 2. The maximum atomic E-state index is 13.4. The van der Waals surface area contributed by atoms with Gasteiger partial charge in [0.1, 0.15) is 23.7 Å². The van der Waals surface area contributed by atoms with Crippen molar-refractivity contribution in [1.82, 2.24) is 15.1 Å². The molecular weight excluding hydrogens is 497 g/mol. The first kappa shape index (κ1) is 24.4. The minimum Gasteiger partial charge on any atom is -0.489 e. The second-order valence-electron chi connectivity index (χ2n) is 10.5. The molecule has 1 N–H and O–H groups in total. The van der Waals surface area contributed by atoms with Crippen molar-refractivity contribution in [2.45, 2.75) is 69.2 Å². The summed E-state index contributed by atoms with van der Waals surface area (Å²) in [6.45, 7) is 2.07. The molecule has 194 valence electrons. The molecule has 3 fully saturated rings. The molecule has 9 heteroatoms. The molecule has 1 saturated carbocycles. The average Bonchev–Trinajstić information content (AvgIpc) is 3.16. The minimum atomic E-state index is -0.626. The van der Waals surface area contributed by atoms with Gasteiger partial charge in [-0.1, -0.05) is 24.1 Å². The van der Waals surface area contributed by atoms with Gasteiger partial charge >= 0.3 is 0 Å². The van der Waals surface area contributed by atoms with Gasteiger partial charge < -0.3 is 9.64 Å². The molecule has 2 aromatic carbocycles. The number of nitrogens with zero attached hydrogens (tertiary/aromatic N) is 2. The molecule has 4 aliphatic rings. The molecule has 3 aliphatic heterocycles. The lowest BCUT2D eigenvalue weighted by molar-refractivity contribution is -0.136. The lowest BCUT2D eigenvalue weighted by atomic mass is 9.84. The van der Waals surface area contributed by atoms with Crippen LogP contribution < -0.4 is 10.1 Å². The van der Waals surface area contributed by atoms with E-state index in [1.54, 1.807) is 17.0 Å². The van der Waals surface area contributed by atoms with Gasteiger partial charge in [0.25, 0.3) is 5.91 Å². The summed E-state index contributed by atoms with van der Waals surface area (Å²) in [4.78, 5) is 40.8. The Balaban J connectivity index is 1.12. The standard InChI is InChI=1S/C28H29ClFN3O4/c29-22-12-18(30)5-7-20(22)17-13-32(14-17)23-3-1-2-4-25(23)37-19-6-8-21-16(11-19)15-33(28(21)36)24-9-10-26(34)31-27(24)35/h5-8,11-12,17,23-25H,1-4,9-10,13-15H2,(H,31,34,35)/t23-,24?,25+/m0/s1. The van der Waals surface area contributed by atoms with Crippen molar-refractivity contribution in [3.05, 3.63) is 63.9 Å². The molecule has 7 nitrogen and oxygen atoms in total. The van der Waals surface area contributed by atoms with E-state index in [4.69, 9.17) is 16.3 Å². The molecule has 0 spiro atoms. The molecule has 0 radical (unpaired) electrons. The highest BCUT2D eigenvalue weighted by atomic mass is 35.5. The van der Waals surface area contributed by atoms with Gasteiger partial charge in [-0.15, -0.1) is 0 Å². The minimum absolute atomic E-state index is 0.0415.